The van der Waals surface area contributed by atoms with Gasteiger partial charge in [0.15, 0.2) is 0 Å². The summed E-state index contributed by atoms with van der Waals surface area (Å²) in [7, 11) is 0. The number of rotatable bonds is 7. The van der Waals surface area contributed by atoms with Crippen LogP contribution in [0.15, 0.2) is 77.8 Å². The maximum absolute atomic E-state index is 13.2. The van der Waals surface area contributed by atoms with E-state index in [1.165, 1.54) is 24.3 Å². The molecule has 1 aliphatic heterocycles. The van der Waals surface area contributed by atoms with Gasteiger partial charge in [-0.05, 0) is 30.3 Å². The third-order valence-corrected chi connectivity index (χ3v) is 6.78. The maximum atomic E-state index is 13.2. The van der Waals surface area contributed by atoms with E-state index < -0.39 is 28.1 Å². The number of ketones is 1. The van der Waals surface area contributed by atoms with Gasteiger partial charge in [-0.1, -0.05) is 30.3 Å². The van der Waals surface area contributed by atoms with E-state index in [-0.39, 0.29) is 41.5 Å². The number of aliphatic imine (C=N–C) groups is 1. The van der Waals surface area contributed by atoms with E-state index in [1.54, 1.807) is 48.5 Å². The Morgan fingerprint density at radius 3 is 2.45 bits per heavy atom. The number of non-ortho nitro benzene ring substituents is 1. The lowest BCUT2D eigenvalue weighted by Gasteiger charge is -2.20. The molecule has 5 rings (SSSR count). The zero-order valence-electron chi connectivity index (χ0n) is 19.5. The molecule has 0 saturated heterocycles. The number of carbonyl (C=O) groups is 2. The molecule has 1 atom stereocenters. The highest BCUT2D eigenvalue weighted by Gasteiger charge is 2.32. The van der Waals surface area contributed by atoms with Crippen LogP contribution in [-0.4, -0.2) is 54.0 Å². The molecular weight excluding hydrogens is 514 g/mol. The normalized spacial score (nSPS) is 13.2. The zero-order chi connectivity index (χ0) is 27.0. The predicted octanol–water partition coefficient (Wildman–Crippen LogP) is 3.77. The average Bonchev–Trinajstić information content (AvgIpc) is 3.39. The number of nitro groups is 1. The lowest BCUT2D eigenvalue weighted by Crippen LogP contribution is -2.37. The summed E-state index contributed by atoms with van der Waals surface area (Å²) < 4.78 is 23.6. The second kappa shape index (κ2) is 9.88. The molecule has 1 unspecified atom stereocenters. The minimum atomic E-state index is -2.48. The van der Waals surface area contributed by atoms with Crippen LogP contribution in [0.3, 0.4) is 0 Å². The second-order valence-corrected chi connectivity index (χ2v) is 9.10. The predicted molar refractivity (Wildman–Crippen MR) is 141 cm³/mol. The minimum Gasteiger partial charge on any atom is -0.494 e. The van der Waals surface area contributed by atoms with Gasteiger partial charge in [0.1, 0.15) is 5.71 Å². The monoisotopic (exact) mass is 533 g/mol. The molecule has 192 valence electrons. The summed E-state index contributed by atoms with van der Waals surface area (Å²) in [6.45, 7) is -0.241. The van der Waals surface area contributed by atoms with Crippen LogP contribution in [0.2, 0.25) is 0 Å². The van der Waals surface area contributed by atoms with E-state index >= 15 is 0 Å². The first kappa shape index (κ1) is 24.8. The minimum absolute atomic E-state index is 0.0199. The molecule has 0 aliphatic carbocycles. The summed E-state index contributed by atoms with van der Waals surface area (Å²) in [4.78, 5) is 40.9. The van der Waals surface area contributed by atoms with Crippen molar-refractivity contribution in [1.82, 2.24) is 9.88 Å². The van der Waals surface area contributed by atoms with Crippen LogP contribution in [-0.2, 0) is 11.3 Å². The van der Waals surface area contributed by atoms with Crippen LogP contribution in [0, 0.1) is 10.1 Å². The molecule has 0 saturated carbocycles. The van der Waals surface area contributed by atoms with Gasteiger partial charge in [0.2, 0.25) is 11.7 Å². The fourth-order valence-corrected chi connectivity index (χ4v) is 4.83. The van der Waals surface area contributed by atoms with Crippen molar-refractivity contribution >= 4 is 56.8 Å². The van der Waals surface area contributed by atoms with Crippen molar-refractivity contribution in [1.29, 1.82) is 0 Å². The van der Waals surface area contributed by atoms with Gasteiger partial charge >= 0.3 is 6.03 Å². The summed E-state index contributed by atoms with van der Waals surface area (Å²) in [5.74, 6) is -0.843. The van der Waals surface area contributed by atoms with Crippen molar-refractivity contribution in [3.05, 3.63) is 94.0 Å². The molecule has 0 radical (unpaired) electrons. The molecule has 4 aromatic rings. The van der Waals surface area contributed by atoms with Crippen LogP contribution >= 0.6 is 0 Å². The third-order valence-electron chi connectivity index (χ3n) is 6.01. The highest BCUT2D eigenvalue weighted by atomic mass is 32.2. The fraction of sp³-hybridized carbons (Fsp3) is 0.0800. The maximum Gasteiger partial charge on any atom is 0.328 e. The molecule has 38 heavy (non-hydrogen) atoms. The Hall–Kier alpha value is -4.88. The zero-order valence-corrected chi connectivity index (χ0v) is 20.3. The van der Waals surface area contributed by atoms with Gasteiger partial charge < -0.3 is 10.4 Å². The number of aromatic nitrogens is 1. The Kier molecular flexibility index (Phi) is 6.45. The Bertz CT molecular complexity index is 1660. The Labute approximate surface area is 217 Å². The lowest BCUT2D eigenvalue weighted by atomic mass is 10.0. The van der Waals surface area contributed by atoms with Crippen molar-refractivity contribution in [2.75, 3.05) is 17.4 Å². The van der Waals surface area contributed by atoms with E-state index in [0.717, 1.165) is 8.87 Å². The molecule has 0 bridgehead atoms. The van der Waals surface area contributed by atoms with Gasteiger partial charge in [-0.15, -0.1) is 0 Å². The van der Waals surface area contributed by atoms with Gasteiger partial charge in [-0.25, -0.2) is 18.6 Å². The largest absolute Gasteiger partial charge is 0.494 e. The SMILES string of the molecule is O=C1C(c2c(O)n(C(=O)NCCN(c3ccc([N+](=O)[O-])cc3)S(=O)O)c3ccccc23)=Nc2ccccc21. The molecule has 1 aliphatic rings. The van der Waals surface area contributed by atoms with E-state index in [2.05, 4.69) is 10.3 Å². The first-order valence-corrected chi connectivity index (χ1v) is 12.3. The first-order valence-electron chi connectivity index (χ1n) is 11.2. The number of benzene rings is 3. The number of nitrogens with one attached hydrogen (secondary N) is 1. The summed E-state index contributed by atoms with van der Waals surface area (Å²) in [6, 6.07) is 17.7. The van der Waals surface area contributed by atoms with Crippen molar-refractivity contribution in [3.63, 3.8) is 0 Å². The standard InChI is InChI=1S/C25H19N5O7S/c31-23-17-5-1-3-7-19(17)27-22(23)21-18-6-2-4-8-20(18)29(24(21)32)25(33)26-13-14-28(38(36)37)15-9-11-16(12-10-15)30(34)35/h1-12,32H,13-14H2,(H,26,33)(H,36,37). The highest BCUT2D eigenvalue weighted by Crippen LogP contribution is 2.37. The number of para-hydroxylation sites is 2. The summed E-state index contributed by atoms with van der Waals surface area (Å²) in [5, 5.41) is 25.0. The van der Waals surface area contributed by atoms with Crippen LogP contribution < -0.4 is 9.62 Å². The van der Waals surface area contributed by atoms with E-state index in [1.807, 2.05) is 0 Å². The number of nitrogens with zero attached hydrogens (tertiary/aromatic N) is 4. The Morgan fingerprint density at radius 2 is 1.76 bits per heavy atom. The van der Waals surface area contributed by atoms with Crippen LogP contribution in [0.4, 0.5) is 21.9 Å². The topological polar surface area (TPSA) is 167 Å². The molecule has 12 nitrogen and oxygen atoms in total. The van der Waals surface area contributed by atoms with Gasteiger partial charge in [0.05, 0.1) is 33.9 Å². The van der Waals surface area contributed by atoms with Gasteiger partial charge in [0, 0.05) is 29.6 Å². The van der Waals surface area contributed by atoms with Crippen molar-refractivity contribution in [3.8, 4) is 5.88 Å². The van der Waals surface area contributed by atoms with Crippen LogP contribution in [0.25, 0.3) is 10.9 Å². The van der Waals surface area contributed by atoms with Gasteiger partial charge in [-0.3, -0.25) is 23.8 Å². The van der Waals surface area contributed by atoms with Crippen molar-refractivity contribution < 1.29 is 28.4 Å². The van der Waals surface area contributed by atoms with Crippen LogP contribution in [0.1, 0.15) is 15.9 Å². The number of Topliss-reactive ketones (excluding diaryl/α,β-unsaturated/α-hetero) is 1. The Morgan fingerprint density at radius 1 is 1.08 bits per heavy atom. The molecule has 1 aromatic heterocycles. The first-order chi connectivity index (χ1) is 18.3. The van der Waals surface area contributed by atoms with Gasteiger partial charge in [0.25, 0.3) is 17.0 Å². The van der Waals surface area contributed by atoms with Crippen LogP contribution in [0.5, 0.6) is 5.88 Å². The summed E-state index contributed by atoms with van der Waals surface area (Å²) >= 11 is -2.48. The van der Waals surface area contributed by atoms with Crippen molar-refractivity contribution in [2.45, 2.75) is 0 Å². The number of anilines is 1. The quantitative estimate of drug-likeness (QED) is 0.185. The van der Waals surface area contributed by atoms with E-state index in [4.69, 9.17) is 0 Å². The third kappa shape index (κ3) is 4.29. The lowest BCUT2D eigenvalue weighted by molar-refractivity contribution is -0.384. The van der Waals surface area contributed by atoms with E-state index in [9.17, 15) is 33.6 Å². The number of nitro benzene ring substituents is 1. The van der Waals surface area contributed by atoms with E-state index in [0.29, 0.717) is 22.2 Å². The second-order valence-electron chi connectivity index (χ2n) is 8.20. The Balaban J connectivity index is 1.40. The molecule has 0 fully saturated rings. The molecule has 3 aromatic carbocycles. The highest BCUT2D eigenvalue weighted by molar-refractivity contribution is 7.80. The number of amides is 1. The number of carbonyl (C=O) groups excluding carboxylic acids is 2. The fourth-order valence-electron chi connectivity index (χ4n) is 4.28. The summed E-state index contributed by atoms with van der Waals surface area (Å²) in [5.41, 5.74) is 1.40. The molecule has 3 N–H and O–H groups in total. The average molecular weight is 534 g/mol. The molecular formula is C25H19N5O7S. The molecule has 13 heteroatoms. The molecule has 2 heterocycles. The number of fused-ring (bicyclic) bond motifs is 2. The number of hydrogen-bond acceptors (Lipinski definition) is 7. The molecule has 0 spiro atoms. The molecule has 1 amide bonds. The number of hydrogen-bond donors (Lipinski definition) is 3. The smallest absolute Gasteiger partial charge is 0.328 e. The summed E-state index contributed by atoms with van der Waals surface area (Å²) in [6.07, 6.45) is 0. The number of aromatic hydroxyl groups is 1. The van der Waals surface area contributed by atoms with Crippen molar-refractivity contribution in [2.24, 2.45) is 4.99 Å². The van der Waals surface area contributed by atoms with Gasteiger partial charge in [-0.2, -0.15) is 0 Å².